The quantitative estimate of drug-likeness (QED) is 0.760. The van der Waals surface area contributed by atoms with Crippen LogP contribution in [-0.2, 0) is 7.05 Å². The van der Waals surface area contributed by atoms with E-state index in [9.17, 15) is 4.79 Å². The number of pyridine rings is 1. The molecule has 0 radical (unpaired) electrons. The highest BCUT2D eigenvalue weighted by molar-refractivity contribution is 6.12. The second kappa shape index (κ2) is 4.53. The number of carbonyl (C=O) groups excluding carboxylic acids is 1. The molecule has 2 aromatic heterocycles. The molecule has 0 saturated heterocycles. The van der Waals surface area contributed by atoms with Gasteiger partial charge in [-0.1, -0.05) is 12.1 Å². The lowest BCUT2D eigenvalue weighted by molar-refractivity contribution is 0.102. The number of aryl methyl sites for hydroxylation is 1. The summed E-state index contributed by atoms with van der Waals surface area (Å²) < 4.78 is 1.64. The Labute approximate surface area is 109 Å². The number of fused-ring (bicyclic) bond motifs is 1. The monoisotopic (exact) mass is 252 g/mol. The van der Waals surface area contributed by atoms with E-state index in [1.807, 2.05) is 24.3 Å². The number of aromatic nitrogens is 3. The first kappa shape index (κ1) is 11.4. The number of rotatable bonds is 2. The molecule has 2 heterocycles. The second-order valence-electron chi connectivity index (χ2n) is 4.20. The third kappa shape index (κ3) is 2.18. The number of benzene rings is 1. The van der Waals surface area contributed by atoms with Gasteiger partial charge in [0.15, 0.2) is 5.82 Å². The van der Waals surface area contributed by atoms with E-state index in [0.717, 1.165) is 10.9 Å². The van der Waals surface area contributed by atoms with Crippen LogP contribution in [0.25, 0.3) is 10.9 Å². The zero-order valence-electron chi connectivity index (χ0n) is 10.4. The minimum absolute atomic E-state index is 0.183. The number of nitrogens with zero attached hydrogens (tertiary/aromatic N) is 3. The second-order valence-corrected chi connectivity index (χ2v) is 4.20. The predicted octanol–water partition coefficient (Wildman–Crippen LogP) is 2.22. The largest absolute Gasteiger partial charge is 0.305 e. The zero-order valence-corrected chi connectivity index (χ0v) is 10.4. The summed E-state index contributed by atoms with van der Waals surface area (Å²) in [6.45, 7) is 0. The lowest BCUT2D eigenvalue weighted by atomic mass is 10.1. The average molecular weight is 252 g/mol. The number of anilines is 1. The van der Waals surface area contributed by atoms with Crippen LogP contribution in [0, 0.1) is 0 Å². The maximum Gasteiger partial charge on any atom is 0.257 e. The van der Waals surface area contributed by atoms with Gasteiger partial charge in [0.05, 0.1) is 5.52 Å². The molecule has 3 aromatic rings. The van der Waals surface area contributed by atoms with Crippen LogP contribution in [0.2, 0.25) is 0 Å². The molecule has 5 nitrogen and oxygen atoms in total. The molecule has 5 heteroatoms. The van der Waals surface area contributed by atoms with E-state index >= 15 is 0 Å². The van der Waals surface area contributed by atoms with E-state index in [1.54, 1.807) is 36.3 Å². The molecule has 1 amide bonds. The first-order valence-corrected chi connectivity index (χ1v) is 5.89. The molecular weight excluding hydrogens is 240 g/mol. The summed E-state index contributed by atoms with van der Waals surface area (Å²) in [6, 6.07) is 10.9. The zero-order chi connectivity index (χ0) is 13.2. The Morgan fingerprint density at radius 1 is 1.21 bits per heavy atom. The Morgan fingerprint density at radius 2 is 2.11 bits per heavy atom. The molecule has 1 N–H and O–H groups in total. The van der Waals surface area contributed by atoms with Gasteiger partial charge >= 0.3 is 0 Å². The maximum atomic E-state index is 12.2. The van der Waals surface area contributed by atoms with Crippen LogP contribution in [0.15, 0.2) is 48.8 Å². The van der Waals surface area contributed by atoms with Crippen LogP contribution >= 0.6 is 0 Å². The van der Waals surface area contributed by atoms with Crippen LogP contribution in [0.4, 0.5) is 5.82 Å². The van der Waals surface area contributed by atoms with Gasteiger partial charge in [-0.25, -0.2) is 0 Å². The van der Waals surface area contributed by atoms with Crippen molar-refractivity contribution in [2.75, 3.05) is 5.32 Å². The van der Waals surface area contributed by atoms with Gasteiger partial charge < -0.3 is 5.32 Å². The summed E-state index contributed by atoms with van der Waals surface area (Å²) in [7, 11) is 1.80. The number of hydrogen-bond acceptors (Lipinski definition) is 3. The standard InChI is InChI=1S/C14H12N4O/c1-18-9-7-13(17-18)16-14(19)11-4-2-6-12-10(11)5-3-8-15-12/h2-9H,1H3,(H,16,17,19). The van der Waals surface area contributed by atoms with Crippen LogP contribution in [0.1, 0.15) is 10.4 Å². The van der Waals surface area contributed by atoms with Gasteiger partial charge in [-0.15, -0.1) is 0 Å². The Kier molecular flexibility index (Phi) is 2.72. The molecule has 0 spiro atoms. The molecule has 19 heavy (non-hydrogen) atoms. The third-order valence-electron chi connectivity index (χ3n) is 2.85. The smallest absolute Gasteiger partial charge is 0.257 e. The van der Waals surface area contributed by atoms with E-state index in [1.165, 1.54) is 0 Å². The minimum atomic E-state index is -0.183. The Hall–Kier alpha value is -2.69. The highest BCUT2D eigenvalue weighted by Crippen LogP contribution is 2.17. The summed E-state index contributed by atoms with van der Waals surface area (Å²) in [4.78, 5) is 16.5. The van der Waals surface area contributed by atoms with E-state index in [2.05, 4.69) is 15.4 Å². The third-order valence-corrected chi connectivity index (χ3v) is 2.85. The molecule has 1 aromatic carbocycles. The van der Waals surface area contributed by atoms with Gasteiger partial charge in [-0.05, 0) is 18.2 Å². The molecule has 0 saturated carbocycles. The van der Waals surface area contributed by atoms with Crippen LogP contribution in [-0.4, -0.2) is 20.7 Å². The van der Waals surface area contributed by atoms with Crippen molar-refractivity contribution in [2.24, 2.45) is 7.05 Å². The predicted molar refractivity (Wildman–Crippen MR) is 72.9 cm³/mol. The first-order chi connectivity index (χ1) is 9.24. The van der Waals surface area contributed by atoms with Crippen molar-refractivity contribution in [3.8, 4) is 0 Å². The Balaban J connectivity index is 1.97. The first-order valence-electron chi connectivity index (χ1n) is 5.89. The van der Waals surface area contributed by atoms with Crippen LogP contribution in [0.5, 0.6) is 0 Å². The summed E-state index contributed by atoms with van der Waals surface area (Å²) in [5, 5.41) is 7.73. The van der Waals surface area contributed by atoms with E-state index < -0.39 is 0 Å². The van der Waals surface area contributed by atoms with Gasteiger partial charge in [0.2, 0.25) is 0 Å². The molecule has 0 aliphatic heterocycles. The highest BCUT2D eigenvalue weighted by atomic mass is 16.1. The molecule has 0 fully saturated rings. The molecule has 3 rings (SSSR count). The summed E-state index contributed by atoms with van der Waals surface area (Å²) in [5.74, 6) is 0.352. The summed E-state index contributed by atoms with van der Waals surface area (Å²) in [6.07, 6.45) is 3.49. The van der Waals surface area contributed by atoms with Gasteiger partial charge in [0.25, 0.3) is 5.91 Å². The van der Waals surface area contributed by atoms with Crippen molar-refractivity contribution in [1.29, 1.82) is 0 Å². The number of amides is 1. The van der Waals surface area contributed by atoms with Crippen molar-refractivity contribution in [3.05, 3.63) is 54.4 Å². The van der Waals surface area contributed by atoms with Crippen LogP contribution in [0.3, 0.4) is 0 Å². The van der Waals surface area contributed by atoms with Gasteiger partial charge in [-0.2, -0.15) is 5.10 Å². The number of carbonyl (C=O) groups is 1. The Bertz CT molecular complexity index is 743. The fourth-order valence-corrected chi connectivity index (χ4v) is 1.97. The maximum absolute atomic E-state index is 12.2. The van der Waals surface area contributed by atoms with Gasteiger partial charge in [0, 0.05) is 36.5 Å². The molecule has 0 atom stereocenters. The lowest BCUT2D eigenvalue weighted by Crippen LogP contribution is -2.13. The van der Waals surface area contributed by atoms with Crippen molar-refractivity contribution >= 4 is 22.6 Å². The van der Waals surface area contributed by atoms with E-state index in [-0.39, 0.29) is 5.91 Å². The topological polar surface area (TPSA) is 59.8 Å². The van der Waals surface area contributed by atoms with Crippen molar-refractivity contribution < 1.29 is 4.79 Å². The lowest BCUT2D eigenvalue weighted by Gasteiger charge is -2.05. The molecular formula is C14H12N4O. The van der Waals surface area contributed by atoms with Crippen molar-refractivity contribution in [1.82, 2.24) is 14.8 Å². The van der Waals surface area contributed by atoms with Crippen molar-refractivity contribution in [2.45, 2.75) is 0 Å². The molecule has 0 aliphatic carbocycles. The van der Waals surface area contributed by atoms with E-state index in [0.29, 0.717) is 11.4 Å². The molecule has 0 bridgehead atoms. The molecule has 0 aliphatic rings. The van der Waals surface area contributed by atoms with Gasteiger partial charge in [-0.3, -0.25) is 14.5 Å². The fraction of sp³-hybridized carbons (Fsp3) is 0.0714. The molecule has 94 valence electrons. The Morgan fingerprint density at radius 3 is 2.89 bits per heavy atom. The van der Waals surface area contributed by atoms with Gasteiger partial charge in [0.1, 0.15) is 0 Å². The van der Waals surface area contributed by atoms with E-state index in [4.69, 9.17) is 0 Å². The molecule has 0 unspecified atom stereocenters. The number of nitrogens with one attached hydrogen (secondary N) is 1. The fourth-order valence-electron chi connectivity index (χ4n) is 1.97. The number of hydrogen-bond donors (Lipinski definition) is 1. The highest BCUT2D eigenvalue weighted by Gasteiger charge is 2.11. The average Bonchev–Trinajstić information content (AvgIpc) is 2.83. The van der Waals surface area contributed by atoms with Crippen LogP contribution < -0.4 is 5.32 Å². The summed E-state index contributed by atoms with van der Waals surface area (Å²) in [5.41, 5.74) is 1.40. The summed E-state index contributed by atoms with van der Waals surface area (Å²) >= 11 is 0. The normalized spacial score (nSPS) is 10.6. The minimum Gasteiger partial charge on any atom is -0.305 e. The SMILES string of the molecule is Cn1ccc(NC(=O)c2cccc3ncccc23)n1. The van der Waals surface area contributed by atoms with Crippen molar-refractivity contribution in [3.63, 3.8) is 0 Å².